The van der Waals surface area contributed by atoms with E-state index in [2.05, 4.69) is 6.92 Å². The van der Waals surface area contributed by atoms with E-state index in [9.17, 15) is 24.3 Å². The summed E-state index contributed by atoms with van der Waals surface area (Å²) < 4.78 is 28.6. The summed E-state index contributed by atoms with van der Waals surface area (Å²) in [5, 5.41) is 12.0. The van der Waals surface area contributed by atoms with Gasteiger partial charge in [-0.25, -0.2) is 9.59 Å². The molecule has 0 aromatic rings. The molecule has 10 nitrogen and oxygen atoms in total. The summed E-state index contributed by atoms with van der Waals surface area (Å²) >= 11 is 0. The van der Waals surface area contributed by atoms with Gasteiger partial charge in [-0.3, -0.25) is 9.59 Å². The molecule has 0 bridgehead atoms. The van der Waals surface area contributed by atoms with Crippen LogP contribution in [-0.4, -0.2) is 72.2 Å². The van der Waals surface area contributed by atoms with E-state index in [1.807, 2.05) is 27.7 Å². The Kier molecular flexibility index (Phi) is 5.88. The lowest BCUT2D eigenvalue weighted by atomic mass is 9.34. The third-order valence-corrected chi connectivity index (χ3v) is 11.5. The Hall–Kier alpha value is -2.20. The number of cyclic esters (lactones) is 1. The zero-order valence-corrected chi connectivity index (χ0v) is 23.5. The fourth-order valence-corrected chi connectivity index (χ4v) is 9.77. The van der Waals surface area contributed by atoms with Crippen LogP contribution in [0.5, 0.6) is 0 Å². The zero-order chi connectivity index (χ0) is 28.2. The fourth-order valence-electron chi connectivity index (χ4n) is 9.77. The van der Waals surface area contributed by atoms with Gasteiger partial charge in [0, 0.05) is 41.9 Å². The van der Waals surface area contributed by atoms with Crippen LogP contribution in [-0.2, 0) is 42.9 Å². The minimum absolute atomic E-state index is 0.185. The summed E-state index contributed by atoms with van der Waals surface area (Å²) in [5.74, 6) is -2.55. The second-order valence-electron chi connectivity index (χ2n) is 13.3. The number of epoxide rings is 1. The van der Waals surface area contributed by atoms with Crippen LogP contribution in [0.25, 0.3) is 0 Å². The first-order chi connectivity index (χ1) is 17.5. The summed E-state index contributed by atoms with van der Waals surface area (Å²) in [4.78, 5) is 50.3. The largest absolute Gasteiger partial charge is 0.466 e. The number of hydrogen-bond donors (Lipinski definition) is 1. The van der Waals surface area contributed by atoms with Gasteiger partial charge in [-0.1, -0.05) is 34.6 Å². The van der Waals surface area contributed by atoms with Crippen LogP contribution in [0, 0.1) is 33.5 Å². The second kappa shape index (κ2) is 8.16. The summed E-state index contributed by atoms with van der Waals surface area (Å²) in [6.45, 7) is 12.7. The van der Waals surface area contributed by atoms with Crippen molar-refractivity contribution in [1.82, 2.24) is 0 Å². The van der Waals surface area contributed by atoms with Crippen LogP contribution in [0.1, 0.15) is 74.1 Å². The molecule has 0 aromatic carbocycles. The van der Waals surface area contributed by atoms with Crippen LogP contribution in [0.4, 0.5) is 0 Å². The van der Waals surface area contributed by atoms with Gasteiger partial charge in [0.2, 0.25) is 6.10 Å². The number of hydrogen-bond acceptors (Lipinski definition) is 10. The molecule has 2 saturated heterocycles. The fraction of sp³-hybridized carbons (Fsp3) is 0.857. The molecule has 212 valence electrons. The predicted molar refractivity (Wildman–Crippen MR) is 130 cm³/mol. The predicted octanol–water partition coefficient (Wildman–Crippen LogP) is 2.33. The summed E-state index contributed by atoms with van der Waals surface area (Å²) in [5.41, 5.74) is -4.22. The van der Waals surface area contributed by atoms with Crippen molar-refractivity contribution in [2.24, 2.45) is 33.5 Å². The van der Waals surface area contributed by atoms with Crippen molar-refractivity contribution in [1.29, 1.82) is 0 Å². The first kappa shape index (κ1) is 27.4. The van der Waals surface area contributed by atoms with Gasteiger partial charge >= 0.3 is 23.9 Å². The number of carbonyl (C=O) groups excluding carboxylic acids is 4. The Balaban J connectivity index is 1.66. The Morgan fingerprint density at radius 1 is 0.947 bits per heavy atom. The van der Waals surface area contributed by atoms with Crippen LogP contribution in [0.2, 0.25) is 0 Å². The van der Waals surface area contributed by atoms with Gasteiger partial charge < -0.3 is 28.8 Å². The van der Waals surface area contributed by atoms with Crippen molar-refractivity contribution < 1.29 is 48.0 Å². The van der Waals surface area contributed by atoms with Crippen molar-refractivity contribution in [2.75, 3.05) is 7.11 Å². The first-order valence-electron chi connectivity index (χ1n) is 13.5. The van der Waals surface area contributed by atoms with Gasteiger partial charge in [0.1, 0.15) is 17.8 Å². The molecule has 8 unspecified atom stereocenters. The standard InChI is InChI=1S/C28H40O10/c1-13(29)35-18-12-19(36-14(2)30)26(6)15-9-10-25(5)20(22(32)34-8)37-23(33)21-28(25,38-21)27(15,7)17(31)11-16(26)24(18,3)4/h15-21,31H,9-12H2,1-8H3/t15?,16?,17?,18?,19?,20?,21?,25-,26-,27-,28?/m0/s1. The molecule has 5 fully saturated rings. The average Bonchev–Trinajstić information content (AvgIpc) is 3.59. The average molecular weight is 537 g/mol. The van der Waals surface area contributed by atoms with E-state index >= 15 is 0 Å². The number of aliphatic hydroxyl groups excluding tert-OH is 1. The van der Waals surface area contributed by atoms with Gasteiger partial charge in [-0.05, 0) is 31.1 Å². The molecule has 3 aliphatic carbocycles. The summed E-state index contributed by atoms with van der Waals surface area (Å²) in [6.07, 6.45) is -2.39. The minimum atomic E-state index is -1.16. The highest BCUT2D eigenvalue weighted by Gasteiger charge is 2.89. The maximum Gasteiger partial charge on any atom is 0.347 e. The second-order valence-corrected chi connectivity index (χ2v) is 13.3. The molecular weight excluding hydrogens is 496 g/mol. The van der Waals surface area contributed by atoms with E-state index in [1.54, 1.807) is 0 Å². The summed E-state index contributed by atoms with van der Waals surface area (Å²) in [6, 6.07) is 0. The van der Waals surface area contributed by atoms with E-state index < -0.39 is 81.7 Å². The molecule has 1 spiro atoms. The molecule has 1 N–H and O–H groups in total. The molecule has 5 aliphatic rings. The topological polar surface area (TPSA) is 138 Å². The summed E-state index contributed by atoms with van der Waals surface area (Å²) in [7, 11) is 1.26. The van der Waals surface area contributed by atoms with E-state index in [-0.39, 0.29) is 11.8 Å². The monoisotopic (exact) mass is 536 g/mol. The van der Waals surface area contributed by atoms with E-state index in [0.717, 1.165) is 0 Å². The normalized spacial score (nSPS) is 50.1. The number of methoxy groups -OCH3 is 1. The molecule has 0 amide bonds. The molecule has 2 aliphatic heterocycles. The molecule has 0 aromatic heterocycles. The van der Waals surface area contributed by atoms with Crippen LogP contribution in [0.3, 0.4) is 0 Å². The molecular formula is C28H40O10. The number of esters is 4. The van der Waals surface area contributed by atoms with E-state index in [4.69, 9.17) is 23.7 Å². The van der Waals surface area contributed by atoms with Crippen molar-refractivity contribution in [3.8, 4) is 0 Å². The van der Waals surface area contributed by atoms with Crippen LogP contribution < -0.4 is 0 Å². The number of ether oxygens (including phenoxy) is 5. The van der Waals surface area contributed by atoms with Crippen molar-refractivity contribution in [2.45, 2.75) is 110 Å². The highest BCUT2D eigenvalue weighted by molar-refractivity contribution is 5.88. The van der Waals surface area contributed by atoms with Crippen LogP contribution in [0.15, 0.2) is 0 Å². The molecule has 11 atom stereocenters. The van der Waals surface area contributed by atoms with Crippen molar-refractivity contribution in [3.63, 3.8) is 0 Å². The Labute approximate surface area is 223 Å². The molecule has 5 rings (SSSR count). The maximum atomic E-state index is 13.0. The third-order valence-electron chi connectivity index (χ3n) is 11.5. The third kappa shape index (κ3) is 3.07. The molecule has 10 heteroatoms. The number of aliphatic hydroxyl groups is 1. The first-order valence-corrected chi connectivity index (χ1v) is 13.5. The highest BCUT2D eigenvalue weighted by Crippen LogP contribution is 2.78. The number of carbonyl (C=O) groups is 4. The lowest BCUT2D eigenvalue weighted by Gasteiger charge is -2.71. The Bertz CT molecular complexity index is 1090. The van der Waals surface area contributed by atoms with Crippen LogP contribution >= 0.6 is 0 Å². The van der Waals surface area contributed by atoms with E-state index in [1.165, 1.54) is 21.0 Å². The van der Waals surface area contributed by atoms with Crippen molar-refractivity contribution >= 4 is 23.9 Å². The van der Waals surface area contributed by atoms with E-state index in [0.29, 0.717) is 25.7 Å². The van der Waals surface area contributed by atoms with Gasteiger partial charge in [-0.2, -0.15) is 0 Å². The lowest BCUT2D eigenvalue weighted by molar-refractivity contribution is -0.295. The maximum absolute atomic E-state index is 13.0. The van der Waals surface area contributed by atoms with Gasteiger partial charge in [0.15, 0.2) is 6.10 Å². The smallest absolute Gasteiger partial charge is 0.347 e. The SMILES string of the molecule is COC(=O)C1OC(=O)C2OC23[C@]2(C)C(O)CC4C(C)(C)C(OC(C)=O)CC(OC(C)=O)[C@@]4(C)C2CC[C@@]13C. The molecule has 38 heavy (non-hydrogen) atoms. The number of rotatable bonds is 3. The van der Waals surface area contributed by atoms with Gasteiger partial charge in [-0.15, -0.1) is 0 Å². The molecule has 3 saturated carbocycles. The zero-order valence-electron chi connectivity index (χ0n) is 23.5. The minimum Gasteiger partial charge on any atom is -0.466 e. The highest BCUT2D eigenvalue weighted by atomic mass is 16.7. The Morgan fingerprint density at radius 3 is 2.13 bits per heavy atom. The lowest BCUT2D eigenvalue weighted by Crippen LogP contribution is -2.76. The van der Waals surface area contributed by atoms with Crippen molar-refractivity contribution in [3.05, 3.63) is 0 Å². The van der Waals surface area contributed by atoms with Gasteiger partial charge in [0.05, 0.1) is 13.2 Å². The quantitative estimate of drug-likeness (QED) is 0.325. The number of fused-ring (bicyclic) bond motifs is 3. The molecule has 0 radical (unpaired) electrons. The van der Waals surface area contributed by atoms with Gasteiger partial charge in [0.25, 0.3) is 0 Å². The Morgan fingerprint density at radius 2 is 1.55 bits per heavy atom. The molecule has 2 heterocycles.